The molecular weight excluding hydrogens is 330 g/mol. The Labute approximate surface area is 155 Å². The summed E-state index contributed by atoms with van der Waals surface area (Å²) in [5.74, 6) is 1.75. The third kappa shape index (κ3) is 8.14. The van der Waals surface area contributed by atoms with E-state index in [4.69, 9.17) is 9.47 Å². The maximum Gasteiger partial charge on any atom is 0.130 e. The number of carbonyl (C=O) groups is 1. The number of ketones is 1. The van der Waals surface area contributed by atoms with E-state index in [1.807, 2.05) is 54.6 Å². The molecule has 2 N–H and O–H groups in total. The highest BCUT2D eigenvalue weighted by atomic mass is 16.5. The van der Waals surface area contributed by atoms with E-state index in [0.717, 1.165) is 23.5 Å². The number of ether oxygens (including phenoxy) is 2. The Morgan fingerprint density at radius 2 is 1.73 bits per heavy atom. The van der Waals surface area contributed by atoms with Gasteiger partial charge in [-0.3, -0.25) is 0 Å². The summed E-state index contributed by atoms with van der Waals surface area (Å²) in [4.78, 5) is 11.0. The van der Waals surface area contributed by atoms with E-state index in [2.05, 4.69) is 5.32 Å². The van der Waals surface area contributed by atoms with E-state index in [-0.39, 0.29) is 12.4 Å². The number of carbonyl (C=O) groups excluding carboxylic acids is 1. The van der Waals surface area contributed by atoms with E-state index in [1.54, 1.807) is 6.92 Å². The van der Waals surface area contributed by atoms with Crippen LogP contribution in [0.5, 0.6) is 11.5 Å². The number of benzene rings is 2. The van der Waals surface area contributed by atoms with Gasteiger partial charge in [0.05, 0.1) is 0 Å². The minimum atomic E-state index is -0.573. The monoisotopic (exact) mass is 357 g/mol. The molecule has 0 aliphatic rings. The van der Waals surface area contributed by atoms with Crippen LogP contribution in [0, 0.1) is 0 Å². The van der Waals surface area contributed by atoms with Gasteiger partial charge >= 0.3 is 0 Å². The Bertz CT molecular complexity index is 643. The summed E-state index contributed by atoms with van der Waals surface area (Å²) >= 11 is 0. The van der Waals surface area contributed by atoms with Gasteiger partial charge in [-0.25, -0.2) is 0 Å². The molecule has 2 aromatic carbocycles. The van der Waals surface area contributed by atoms with Gasteiger partial charge in [0.15, 0.2) is 0 Å². The van der Waals surface area contributed by atoms with Crippen molar-refractivity contribution in [2.24, 2.45) is 0 Å². The fourth-order valence-electron chi connectivity index (χ4n) is 2.35. The van der Waals surface area contributed by atoms with Crippen LogP contribution in [-0.2, 0) is 11.2 Å². The van der Waals surface area contributed by atoms with Gasteiger partial charge in [-0.15, -0.1) is 0 Å². The maximum absolute atomic E-state index is 11.0. The van der Waals surface area contributed by atoms with E-state index >= 15 is 0 Å². The molecule has 0 fully saturated rings. The summed E-state index contributed by atoms with van der Waals surface area (Å²) in [6.45, 7) is 3.45. The number of para-hydroxylation sites is 1. The summed E-state index contributed by atoms with van der Waals surface area (Å²) in [5.41, 5.74) is 1.13. The first-order valence-corrected chi connectivity index (χ1v) is 8.91. The van der Waals surface area contributed by atoms with Crippen LogP contribution in [0.3, 0.4) is 0 Å². The molecule has 2 rings (SSSR count). The van der Waals surface area contributed by atoms with Crippen LogP contribution in [0.1, 0.15) is 18.9 Å². The number of aliphatic hydroxyl groups excluding tert-OH is 1. The maximum atomic E-state index is 11.0. The summed E-state index contributed by atoms with van der Waals surface area (Å²) in [7, 11) is 0. The summed E-state index contributed by atoms with van der Waals surface area (Å²) in [5, 5.41) is 13.0. The van der Waals surface area contributed by atoms with Crippen molar-refractivity contribution in [2.75, 3.05) is 26.3 Å². The zero-order valence-electron chi connectivity index (χ0n) is 15.2. The molecule has 0 aliphatic heterocycles. The first kappa shape index (κ1) is 19.9. The summed E-state index contributed by atoms with van der Waals surface area (Å²) in [6, 6.07) is 17.2. The second-order valence-electron chi connectivity index (χ2n) is 6.18. The number of rotatable bonds is 12. The summed E-state index contributed by atoms with van der Waals surface area (Å²) < 4.78 is 11.2. The zero-order valence-corrected chi connectivity index (χ0v) is 15.2. The first-order chi connectivity index (χ1) is 12.6. The van der Waals surface area contributed by atoms with Crippen LogP contribution >= 0.6 is 0 Å². The first-order valence-electron chi connectivity index (χ1n) is 8.91. The number of nitrogens with one attached hydrogen (secondary N) is 1. The van der Waals surface area contributed by atoms with Crippen molar-refractivity contribution >= 4 is 5.78 Å². The molecule has 0 aromatic heterocycles. The third-order valence-electron chi connectivity index (χ3n) is 3.80. The molecule has 0 radical (unpaired) electrons. The van der Waals surface area contributed by atoms with Crippen molar-refractivity contribution in [3.8, 4) is 11.5 Å². The zero-order chi connectivity index (χ0) is 18.6. The predicted molar refractivity (Wildman–Crippen MR) is 102 cm³/mol. The molecule has 0 saturated heterocycles. The molecule has 140 valence electrons. The van der Waals surface area contributed by atoms with Gasteiger partial charge in [-0.2, -0.15) is 0 Å². The Morgan fingerprint density at radius 1 is 1.04 bits per heavy atom. The van der Waals surface area contributed by atoms with Gasteiger partial charge in [-0.05, 0) is 43.2 Å². The Balaban J connectivity index is 1.55. The minimum absolute atomic E-state index is 0.202. The molecule has 0 aliphatic carbocycles. The Kier molecular flexibility index (Phi) is 8.66. The van der Waals surface area contributed by atoms with E-state index in [9.17, 15) is 9.90 Å². The van der Waals surface area contributed by atoms with Crippen molar-refractivity contribution in [2.45, 2.75) is 25.9 Å². The standard InChI is InChI=1S/C21H27NO4/c1-17(23)7-8-18-9-11-21(12-10-18)25-14-13-22-15-19(24)16-26-20-5-3-2-4-6-20/h2-6,9-12,19,22,24H,7-8,13-16H2,1H3/t19-/m0/s1. The number of hydrogen-bond donors (Lipinski definition) is 2. The van der Waals surface area contributed by atoms with Gasteiger partial charge < -0.3 is 24.7 Å². The van der Waals surface area contributed by atoms with Gasteiger partial charge in [0.1, 0.15) is 36.6 Å². The molecule has 0 saturated carbocycles. The molecule has 0 spiro atoms. The van der Waals surface area contributed by atoms with Crippen LogP contribution in [0.2, 0.25) is 0 Å². The Morgan fingerprint density at radius 3 is 2.42 bits per heavy atom. The average molecular weight is 357 g/mol. The molecule has 2 aromatic rings. The van der Waals surface area contributed by atoms with Crippen LogP contribution in [0.15, 0.2) is 54.6 Å². The SMILES string of the molecule is CC(=O)CCc1ccc(OCCNC[C@H](O)COc2ccccc2)cc1. The lowest BCUT2D eigenvalue weighted by Gasteiger charge is -2.13. The van der Waals surface area contributed by atoms with Crippen molar-refractivity contribution < 1.29 is 19.4 Å². The highest BCUT2D eigenvalue weighted by Crippen LogP contribution is 2.13. The van der Waals surface area contributed by atoms with Gasteiger partial charge in [0.25, 0.3) is 0 Å². The average Bonchev–Trinajstić information content (AvgIpc) is 2.66. The molecule has 0 heterocycles. The van der Waals surface area contributed by atoms with Crippen molar-refractivity contribution in [1.82, 2.24) is 5.32 Å². The van der Waals surface area contributed by atoms with Crippen LogP contribution in [0.4, 0.5) is 0 Å². The predicted octanol–water partition coefficient (Wildman–Crippen LogP) is 2.62. The second-order valence-corrected chi connectivity index (χ2v) is 6.18. The van der Waals surface area contributed by atoms with Crippen molar-refractivity contribution in [3.63, 3.8) is 0 Å². The van der Waals surface area contributed by atoms with E-state index < -0.39 is 6.10 Å². The molecule has 0 amide bonds. The number of Topliss-reactive ketones (excluding diaryl/α,β-unsaturated/α-hetero) is 1. The quantitative estimate of drug-likeness (QED) is 0.572. The molecule has 0 unspecified atom stereocenters. The van der Waals surface area contributed by atoms with Crippen LogP contribution < -0.4 is 14.8 Å². The van der Waals surface area contributed by atoms with Crippen molar-refractivity contribution in [1.29, 1.82) is 0 Å². The van der Waals surface area contributed by atoms with Crippen LogP contribution in [-0.4, -0.2) is 43.3 Å². The number of hydrogen-bond acceptors (Lipinski definition) is 5. The lowest BCUT2D eigenvalue weighted by atomic mass is 10.1. The lowest BCUT2D eigenvalue weighted by Crippen LogP contribution is -2.33. The Hall–Kier alpha value is -2.37. The second kappa shape index (κ2) is 11.3. The van der Waals surface area contributed by atoms with Gasteiger partial charge in [0.2, 0.25) is 0 Å². The van der Waals surface area contributed by atoms with E-state index in [1.165, 1.54) is 0 Å². The fraction of sp³-hybridized carbons (Fsp3) is 0.381. The summed E-state index contributed by atoms with van der Waals surface area (Å²) in [6.07, 6.45) is 0.761. The van der Waals surface area contributed by atoms with E-state index in [0.29, 0.717) is 26.1 Å². The minimum Gasteiger partial charge on any atom is -0.492 e. The van der Waals surface area contributed by atoms with Gasteiger partial charge in [-0.1, -0.05) is 30.3 Å². The molecule has 5 heteroatoms. The van der Waals surface area contributed by atoms with Crippen LogP contribution in [0.25, 0.3) is 0 Å². The third-order valence-corrected chi connectivity index (χ3v) is 3.80. The fourth-order valence-corrected chi connectivity index (χ4v) is 2.35. The van der Waals surface area contributed by atoms with Gasteiger partial charge in [0, 0.05) is 19.5 Å². The molecule has 1 atom stereocenters. The molecule has 5 nitrogen and oxygen atoms in total. The highest BCUT2D eigenvalue weighted by Gasteiger charge is 2.04. The molecule has 0 bridgehead atoms. The highest BCUT2D eigenvalue weighted by molar-refractivity contribution is 5.75. The largest absolute Gasteiger partial charge is 0.492 e. The molecule has 26 heavy (non-hydrogen) atoms. The number of aliphatic hydroxyl groups is 1. The normalized spacial score (nSPS) is 11.8. The number of aryl methyl sites for hydroxylation is 1. The molecular formula is C21H27NO4. The smallest absolute Gasteiger partial charge is 0.130 e. The van der Waals surface area contributed by atoms with Crippen molar-refractivity contribution in [3.05, 3.63) is 60.2 Å². The topological polar surface area (TPSA) is 67.8 Å². The lowest BCUT2D eigenvalue weighted by molar-refractivity contribution is -0.116.